The van der Waals surface area contributed by atoms with Crippen LogP contribution in [0.5, 0.6) is 0 Å². The number of amides is 6. The van der Waals surface area contributed by atoms with Crippen molar-refractivity contribution in [2.45, 2.75) is 220 Å². The Kier molecular flexibility index (Phi) is 25.2. The molecule has 1 radical (unpaired) electrons. The van der Waals surface area contributed by atoms with Crippen molar-refractivity contribution in [3.8, 4) is 0 Å². The Morgan fingerprint density at radius 3 is 1.97 bits per heavy atom. The molecule has 3 aromatic heterocycles. The number of ether oxygens (including phenoxy) is 2. The normalized spacial score (nSPS) is 33.6. The van der Waals surface area contributed by atoms with E-state index in [4.69, 9.17) is 73.2 Å². The number of carbonyl (C=O) groups is 7. The Morgan fingerprint density at radius 2 is 1.37 bits per heavy atom. The fourth-order valence-electron chi connectivity index (χ4n) is 17.4. The number of carbonyl (C=O) groups excluding carboxylic acids is 7. The number of nitrogens with zero attached hydrogens (tertiary/aromatic N) is 10. The van der Waals surface area contributed by atoms with E-state index >= 15 is 0 Å². The van der Waals surface area contributed by atoms with Crippen LogP contribution in [0, 0.1) is 66.1 Å². The zero-order valence-electron chi connectivity index (χ0n) is 63.3. The van der Waals surface area contributed by atoms with Gasteiger partial charge < -0.3 is 96.1 Å². The number of aromatic nitrogens is 6. The Balaban J connectivity index is 0.000000623. The fraction of sp³-hybridized carbons (Fsp3) is 0.603. The first-order valence-corrected chi connectivity index (χ1v) is 37.6. The van der Waals surface area contributed by atoms with Crippen molar-refractivity contribution in [2.75, 3.05) is 18.9 Å². The number of Topliss-reactive ketones (excluding diaryl/α,β-unsaturated/α-hetero) is 1. The predicted octanol–water partition coefficient (Wildman–Crippen LogP) is 3.91. The van der Waals surface area contributed by atoms with Gasteiger partial charge >= 0.3 is 24.6 Å². The zero-order valence-corrected chi connectivity index (χ0v) is 65.2. The first-order valence-electron chi connectivity index (χ1n) is 36.1. The molecule has 10 heterocycles. The number of hydrogen-bond donors (Lipinski definition) is 12. The summed E-state index contributed by atoms with van der Waals surface area (Å²) in [4.78, 5) is 138. The van der Waals surface area contributed by atoms with Crippen molar-refractivity contribution in [1.29, 1.82) is 0 Å². The smallest absolute Gasteiger partial charge is 0.682 e. The molecule has 11 rings (SSSR count). The maximum absolute atomic E-state index is 14.4. The number of aliphatic hydroxyl groups is 4. The maximum atomic E-state index is 14.4. The van der Waals surface area contributed by atoms with E-state index in [0.717, 1.165) is 11.1 Å². The minimum Gasteiger partial charge on any atom is -0.682 e. The summed E-state index contributed by atoms with van der Waals surface area (Å²) in [6.45, 7) is 24.4. The first kappa shape index (κ1) is 84.9. The number of fused-ring (bicyclic) bond motifs is 8. The Morgan fingerprint density at radius 1 is 0.743 bits per heavy atom. The molecule has 8 bridgehead atoms. The number of nitrogens with one attached hydrogen (secondary N) is 1. The van der Waals surface area contributed by atoms with Crippen LogP contribution in [-0.4, -0.2) is 180 Å². The van der Waals surface area contributed by atoms with E-state index in [1.165, 1.54) is 37.4 Å². The van der Waals surface area contributed by atoms with E-state index in [2.05, 4.69) is 32.2 Å². The predicted molar refractivity (Wildman–Crippen MR) is 396 cm³/mol. The molecule has 0 saturated carbocycles. The molecule has 6 amide bonds. The Hall–Kier alpha value is -8.06. The third-order valence-electron chi connectivity index (χ3n) is 23.6. The molecule has 34 nitrogen and oxygen atoms in total. The van der Waals surface area contributed by atoms with E-state index in [9.17, 15) is 63.4 Å². The second-order valence-electron chi connectivity index (χ2n) is 31.4. The Labute approximate surface area is 641 Å². The zero-order chi connectivity index (χ0) is 79.6. The van der Waals surface area contributed by atoms with Crippen LogP contribution >= 0.6 is 7.82 Å². The first-order chi connectivity index (χ1) is 50.4. The van der Waals surface area contributed by atoms with Crippen molar-refractivity contribution in [3.05, 3.63) is 88.8 Å². The molecule has 7 aliphatic heterocycles. The standard InChI is InChI=1S/C63H91N12O14P.C10H12N5O3.Co/c1-30-21-41-42(22-31(30)2)75(29-70-41)58-53(84)54(43(28-76)87-58)89-90(85,86)88-33(4)27-69-50(83)19-20-60(9)39(23-47(66)80)57-63(12)62(11,26-49(68)82)38(16-18-46(65)79)52(74-63)35(6)56-61(10,25-48(67)81)36(15-17-45(64)78)40(71-56)24-44-59(7,8)37(14-13-32(3)77)51(72-44)34(5)55(60)73-57;1-4-6(16)7(17)10(18-4)15-3-14-5-8(11)12-2-13-9(5)15;/h21-22,24,29,33,36-39,43,53-54,57-58,76,84H,13-20,23,25-28H2,1-12H3,(H13,64,65,66,67,68,69,71,72,73,74,78,79,80,81,82,83,85,86);2-4,6-7,10,16-17H,1H2,(H2,11,12,13);/q;-1;+2/p-1/t33?,36?,37?,38?,39?,43-,53-,54-,57?,58?,60?,61?,62?,63?;4-,6-,7-,10?;/m11./s1. The van der Waals surface area contributed by atoms with Gasteiger partial charge in [-0.1, -0.05) is 40.7 Å². The summed E-state index contributed by atoms with van der Waals surface area (Å²) in [5.74, 6) is -6.39. The molecule has 19 atom stereocenters. The van der Waals surface area contributed by atoms with Gasteiger partial charge in [0.25, 0.3) is 0 Å². The molecular weight excluding hydrogens is 1480 g/mol. The van der Waals surface area contributed by atoms with E-state index in [0.29, 0.717) is 74.0 Å². The largest absolute Gasteiger partial charge is 2.00 e. The summed E-state index contributed by atoms with van der Waals surface area (Å²) < 4.78 is 39.2. The minimum atomic E-state index is -5.06. The van der Waals surface area contributed by atoms with Gasteiger partial charge in [-0.25, -0.2) is 24.5 Å². The summed E-state index contributed by atoms with van der Waals surface area (Å²) in [5, 5.41) is 49.8. The van der Waals surface area contributed by atoms with Crippen LogP contribution in [0.2, 0.25) is 0 Å². The van der Waals surface area contributed by atoms with Crippen molar-refractivity contribution in [3.63, 3.8) is 0 Å². The second-order valence-corrected chi connectivity index (χ2v) is 32.7. The minimum absolute atomic E-state index is 0. The van der Waals surface area contributed by atoms with Crippen LogP contribution in [0.3, 0.4) is 0 Å². The number of anilines is 1. The summed E-state index contributed by atoms with van der Waals surface area (Å²) >= 11 is 0. The van der Waals surface area contributed by atoms with Crippen LogP contribution in [0.1, 0.15) is 163 Å². The molecule has 4 aromatic rings. The van der Waals surface area contributed by atoms with Crippen LogP contribution in [0.25, 0.3) is 27.5 Å². The van der Waals surface area contributed by atoms with Crippen molar-refractivity contribution >= 4 is 94.2 Å². The molecule has 36 heteroatoms. The van der Waals surface area contributed by atoms with E-state index in [1.54, 1.807) is 11.5 Å². The summed E-state index contributed by atoms with van der Waals surface area (Å²) in [6.07, 6.45) is -4.84. The molecule has 0 spiro atoms. The number of imidazole rings is 2. The third kappa shape index (κ3) is 16.4. The van der Waals surface area contributed by atoms with Crippen LogP contribution in [0.4, 0.5) is 5.82 Å². The van der Waals surface area contributed by atoms with Gasteiger partial charge in [-0.2, -0.15) is 5.70 Å². The van der Waals surface area contributed by atoms with Crippen molar-refractivity contribution in [2.24, 2.45) is 89.0 Å². The van der Waals surface area contributed by atoms with Gasteiger partial charge in [0.2, 0.25) is 35.4 Å². The van der Waals surface area contributed by atoms with Gasteiger partial charge in [0.05, 0.1) is 53.7 Å². The van der Waals surface area contributed by atoms with Gasteiger partial charge in [0, 0.05) is 108 Å². The number of nitrogens with two attached hydrogens (primary N) is 6. The molecular formula is C73H102CoN17O17P. The number of ketones is 1. The van der Waals surface area contributed by atoms with Crippen molar-refractivity contribution in [1.82, 2.24) is 34.4 Å². The number of hydrogen-bond acceptors (Lipinski definition) is 24. The Bertz CT molecular complexity index is 4520. The number of allylic oxidation sites excluding steroid dienone is 6. The summed E-state index contributed by atoms with van der Waals surface area (Å²) in [7, 11) is -5.06. The van der Waals surface area contributed by atoms with E-state index < -0.39 is 162 Å². The number of aryl methyl sites for hydroxylation is 2. The summed E-state index contributed by atoms with van der Waals surface area (Å²) in [6, 6.07) is 2.71. The molecule has 13 unspecified atom stereocenters. The second kappa shape index (κ2) is 32.3. The number of benzene rings is 1. The number of rotatable bonds is 27. The van der Waals surface area contributed by atoms with Crippen LogP contribution < -0.4 is 39.7 Å². The van der Waals surface area contributed by atoms with Crippen LogP contribution in [-0.2, 0) is 73.4 Å². The number of nitrogen functional groups attached to an aromatic ring is 1. The molecule has 7 aliphatic rings. The number of aliphatic imine (C=N–C) groups is 3. The van der Waals surface area contributed by atoms with Gasteiger partial charge in [-0.05, 0) is 132 Å². The van der Waals surface area contributed by atoms with Gasteiger partial charge in [-0.15, -0.1) is 0 Å². The molecule has 595 valence electrons. The van der Waals surface area contributed by atoms with Gasteiger partial charge in [-0.3, -0.25) is 57.4 Å². The summed E-state index contributed by atoms with van der Waals surface area (Å²) in [5.41, 5.74) is 37.9. The number of primary amides is 5. The molecule has 1 aromatic carbocycles. The average Bonchev–Trinajstić information content (AvgIpc) is 1.53. The molecule has 0 aliphatic carbocycles. The topological polar surface area (TPSA) is 555 Å². The third-order valence-corrected chi connectivity index (χ3v) is 24.7. The number of phosphoric ester groups is 1. The van der Waals surface area contributed by atoms with Gasteiger partial charge in [0.1, 0.15) is 42.0 Å². The maximum Gasteiger partial charge on any atom is 2.00 e. The van der Waals surface area contributed by atoms with Gasteiger partial charge in [0.15, 0.2) is 23.9 Å². The molecule has 3 fully saturated rings. The monoisotopic (exact) mass is 1580 g/mol. The fourth-order valence-corrected chi connectivity index (χ4v) is 18.6. The number of phosphoric acid groups is 1. The SMILES string of the molecule is CC(=O)CCC1C2=NC(=C\C3=NC(=C(/C)C4=NC(C)(C5[N-]/C(=C\2C)C(C)(CCC(=O)NCC(C)OP(=O)(O)O[C@@H]2[C@@H](CO)OC(n6cnc7cc(C)c(C)cc76)[C@@H]2O)C5CC(N)=O)C(C)(CC(N)=O)C4CCC(N)=O)/C(C)(CC(N)=O)C3CCC(N)=O)/C1(C)C.[CH2-][C@H]1OC(n2cnc3c(N)ncnc32)[C@H](O)[C@@H]1O.[Co+2]. The van der Waals surface area contributed by atoms with E-state index in [1.807, 2.05) is 80.5 Å². The molecule has 3 saturated heterocycles. The van der Waals surface area contributed by atoms with E-state index in [-0.39, 0.29) is 99.1 Å². The number of aliphatic hydroxyl groups excluding tert-OH is 4. The average molecular weight is 1580 g/mol. The van der Waals surface area contributed by atoms with Crippen molar-refractivity contribution < 1.29 is 98.7 Å². The molecule has 109 heavy (non-hydrogen) atoms. The molecule has 18 N–H and O–H groups in total. The van der Waals surface area contributed by atoms with Crippen LogP contribution in [0.15, 0.2) is 80.4 Å². The quantitative estimate of drug-likeness (QED) is 0.0297.